The highest BCUT2D eigenvalue weighted by Gasteiger charge is 2.35. The molecule has 0 bridgehead atoms. The fourth-order valence-corrected chi connectivity index (χ4v) is 2.77. The molecule has 1 unspecified atom stereocenters. The lowest BCUT2D eigenvalue weighted by atomic mass is 9.99. The number of fused-ring (bicyclic) bond motifs is 1. The normalized spacial score (nSPS) is 16.7. The van der Waals surface area contributed by atoms with E-state index in [1.54, 1.807) is 35.8 Å². The molecule has 0 fully saturated rings. The lowest BCUT2D eigenvalue weighted by Gasteiger charge is -2.16. The Bertz CT molecular complexity index is 791. The maximum atomic E-state index is 12.6. The monoisotopic (exact) mass is 285 g/mol. The van der Waals surface area contributed by atoms with Crippen LogP contribution in [0.2, 0.25) is 0 Å². The number of hydrogen-bond donors (Lipinski definition) is 1. The Kier molecular flexibility index (Phi) is 3.05. The van der Waals surface area contributed by atoms with Crippen molar-refractivity contribution in [1.82, 2.24) is 4.57 Å². The van der Waals surface area contributed by atoms with Crippen molar-refractivity contribution in [2.24, 2.45) is 0 Å². The number of carbonyl (C=O) groups excluding carboxylic acids is 1. The van der Waals surface area contributed by atoms with Crippen LogP contribution in [0.15, 0.2) is 35.1 Å². The van der Waals surface area contributed by atoms with Gasteiger partial charge in [-0.2, -0.15) is 0 Å². The number of hydrogen-bond acceptors (Lipinski definition) is 4. The van der Waals surface area contributed by atoms with E-state index >= 15 is 0 Å². The number of benzene rings is 1. The molecule has 2 aromatic rings. The minimum absolute atomic E-state index is 0.112. The van der Waals surface area contributed by atoms with Crippen LogP contribution in [0.3, 0.4) is 0 Å². The van der Waals surface area contributed by atoms with Crippen molar-refractivity contribution in [3.05, 3.63) is 63.1 Å². The zero-order valence-electron chi connectivity index (χ0n) is 11.8. The summed E-state index contributed by atoms with van der Waals surface area (Å²) in [5.74, 6) is -0.616. The van der Waals surface area contributed by atoms with Gasteiger partial charge in [0.05, 0.1) is 5.56 Å². The quantitative estimate of drug-likeness (QED) is 0.858. The number of aromatic nitrogens is 1. The third-order valence-electron chi connectivity index (χ3n) is 3.79. The lowest BCUT2D eigenvalue weighted by Crippen LogP contribution is -2.27. The predicted octanol–water partition coefficient (Wildman–Crippen LogP) is 2.14. The predicted molar refractivity (Wildman–Crippen MR) is 76.5 cm³/mol. The Morgan fingerprint density at radius 1 is 1.29 bits per heavy atom. The smallest absolute Gasteiger partial charge is 0.339 e. The van der Waals surface area contributed by atoms with Crippen molar-refractivity contribution < 1.29 is 14.6 Å². The third kappa shape index (κ3) is 1.93. The van der Waals surface area contributed by atoms with Crippen LogP contribution in [-0.4, -0.2) is 15.6 Å². The van der Waals surface area contributed by atoms with Crippen LogP contribution in [0.4, 0.5) is 0 Å². The second-order valence-electron chi connectivity index (χ2n) is 5.01. The van der Waals surface area contributed by atoms with Gasteiger partial charge < -0.3 is 14.4 Å². The highest BCUT2D eigenvalue weighted by molar-refractivity contribution is 5.94. The zero-order chi connectivity index (χ0) is 15.1. The van der Waals surface area contributed by atoms with Crippen molar-refractivity contribution in [2.75, 3.05) is 0 Å². The standard InChI is InChI=1S/C16H15NO4/c1-3-17-9(2)8-12(18)13(15(17)19)14-10-6-4-5-7-11(10)16(20)21-14/h4-8,14,18H,3H2,1-2H3. The van der Waals surface area contributed by atoms with Crippen molar-refractivity contribution in [3.8, 4) is 5.75 Å². The summed E-state index contributed by atoms with van der Waals surface area (Å²) in [7, 11) is 0. The molecule has 0 radical (unpaired) electrons. The number of pyridine rings is 1. The molecule has 0 saturated heterocycles. The summed E-state index contributed by atoms with van der Waals surface area (Å²) in [6.07, 6.45) is -0.848. The summed E-state index contributed by atoms with van der Waals surface area (Å²) in [5, 5.41) is 10.2. The number of rotatable bonds is 2. The van der Waals surface area contributed by atoms with Gasteiger partial charge in [0.25, 0.3) is 5.56 Å². The first-order chi connectivity index (χ1) is 10.0. The molecule has 1 atom stereocenters. The van der Waals surface area contributed by atoms with Gasteiger partial charge in [-0.1, -0.05) is 18.2 Å². The Labute approximate surface area is 121 Å². The summed E-state index contributed by atoms with van der Waals surface area (Å²) in [6, 6.07) is 8.43. The summed E-state index contributed by atoms with van der Waals surface area (Å²) in [5.41, 5.74) is 1.50. The van der Waals surface area contributed by atoms with Crippen LogP contribution in [0.25, 0.3) is 0 Å². The SMILES string of the molecule is CCn1c(C)cc(O)c(C2OC(=O)c3ccccc32)c1=O. The van der Waals surface area contributed by atoms with Crippen LogP contribution in [0.5, 0.6) is 5.75 Å². The first-order valence-electron chi connectivity index (χ1n) is 6.77. The molecule has 0 saturated carbocycles. The van der Waals surface area contributed by atoms with Gasteiger partial charge in [0, 0.05) is 17.8 Å². The average molecular weight is 285 g/mol. The highest BCUT2D eigenvalue weighted by Crippen LogP contribution is 2.37. The molecule has 21 heavy (non-hydrogen) atoms. The molecule has 1 N–H and O–H groups in total. The molecule has 5 heteroatoms. The van der Waals surface area contributed by atoms with Gasteiger partial charge in [0.2, 0.25) is 0 Å². The number of aryl methyl sites for hydroxylation is 1. The van der Waals surface area contributed by atoms with E-state index in [1.807, 2.05) is 6.92 Å². The van der Waals surface area contributed by atoms with Crippen molar-refractivity contribution in [3.63, 3.8) is 0 Å². The van der Waals surface area contributed by atoms with Crippen LogP contribution in [-0.2, 0) is 11.3 Å². The minimum Gasteiger partial charge on any atom is -0.507 e. The van der Waals surface area contributed by atoms with Gasteiger partial charge in [-0.3, -0.25) is 4.79 Å². The molecule has 3 rings (SSSR count). The largest absolute Gasteiger partial charge is 0.507 e. The molecule has 5 nitrogen and oxygen atoms in total. The van der Waals surface area contributed by atoms with E-state index in [-0.39, 0.29) is 16.9 Å². The van der Waals surface area contributed by atoms with Crippen LogP contribution >= 0.6 is 0 Å². The highest BCUT2D eigenvalue weighted by atomic mass is 16.5. The van der Waals surface area contributed by atoms with Gasteiger partial charge in [-0.15, -0.1) is 0 Å². The Morgan fingerprint density at radius 2 is 2.00 bits per heavy atom. The fourth-order valence-electron chi connectivity index (χ4n) is 2.77. The number of cyclic esters (lactones) is 1. The van der Waals surface area contributed by atoms with Crippen molar-refractivity contribution in [1.29, 1.82) is 0 Å². The molecular weight excluding hydrogens is 270 g/mol. The Balaban J connectivity index is 2.24. The van der Waals surface area contributed by atoms with Gasteiger partial charge >= 0.3 is 5.97 Å². The number of esters is 1. The average Bonchev–Trinajstić information content (AvgIpc) is 2.77. The van der Waals surface area contributed by atoms with E-state index in [1.165, 1.54) is 6.07 Å². The molecule has 1 aromatic carbocycles. The Hall–Kier alpha value is -2.56. The minimum atomic E-state index is -0.848. The summed E-state index contributed by atoms with van der Waals surface area (Å²) >= 11 is 0. The molecule has 0 aliphatic carbocycles. The third-order valence-corrected chi connectivity index (χ3v) is 3.79. The maximum Gasteiger partial charge on any atom is 0.339 e. The van der Waals surface area contributed by atoms with Gasteiger partial charge in [-0.25, -0.2) is 4.79 Å². The van der Waals surface area contributed by atoms with Gasteiger partial charge in [0.1, 0.15) is 11.3 Å². The molecule has 0 spiro atoms. The van der Waals surface area contributed by atoms with E-state index < -0.39 is 12.1 Å². The first-order valence-corrected chi connectivity index (χ1v) is 6.77. The van der Waals surface area contributed by atoms with Crippen molar-refractivity contribution in [2.45, 2.75) is 26.5 Å². The van der Waals surface area contributed by atoms with E-state index in [4.69, 9.17) is 4.74 Å². The van der Waals surface area contributed by atoms with Crippen molar-refractivity contribution >= 4 is 5.97 Å². The molecular formula is C16H15NO4. The van der Waals surface area contributed by atoms with Gasteiger partial charge in [0.15, 0.2) is 6.10 Å². The van der Waals surface area contributed by atoms with Crippen LogP contribution in [0, 0.1) is 6.92 Å². The van der Waals surface area contributed by atoms with E-state index in [0.29, 0.717) is 23.4 Å². The molecule has 1 aromatic heterocycles. The molecule has 0 amide bonds. The van der Waals surface area contributed by atoms with Gasteiger partial charge in [-0.05, 0) is 26.0 Å². The van der Waals surface area contributed by atoms with E-state index in [0.717, 1.165) is 0 Å². The molecule has 1 aliphatic rings. The van der Waals surface area contributed by atoms with E-state index in [2.05, 4.69) is 0 Å². The molecule has 2 heterocycles. The zero-order valence-corrected chi connectivity index (χ0v) is 11.8. The number of nitrogens with zero attached hydrogens (tertiary/aromatic N) is 1. The van der Waals surface area contributed by atoms with Crippen LogP contribution in [0.1, 0.15) is 40.2 Å². The number of aromatic hydroxyl groups is 1. The summed E-state index contributed by atoms with van der Waals surface area (Å²) < 4.78 is 6.85. The number of carbonyl (C=O) groups is 1. The Morgan fingerprint density at radius 3 is 2.71 bits per heavy atom. The van der Waals surface area contributed by atoms with E-state index in [9.17, 15) is 14.7 Å². The second-order valence-corrected chi connectivity index (χ2v) is 5.01. The first kappa shape index (κ1) is 13.4. The lowest BCUT2D eigenvalue weighted by molar-refractivity contribution is 0.0450. The number of ether oxygens (including phenoxy) is 1. The molecule has 108 valence electrons. The summed E-state index contributed by atoms with van der Waals surface area (Å²) in [6.45, 7) is 4.09. The fraction of sp³-hybridized carbons (Fsp3) is 0.250. The maximum absolute atomic E-state index is 12.6. The molecule has 1 aliphatic heterocycles. The summed E-state index contributed by atoms with van der Waals surface area (Å²) in [4.78, 5) is 24.4. The second kappa shape index (κ2) is 4.77. The topological polar surface area (TPSA) is 68.5 Å². The van der Waals surface area contributed by atoms with Crippen LogP contribution < -0.4 is 5.56 Å².